The van der Waals surface area contributed by atoms with Crippen molar-refractivity contribution in [3.63, 3.8) is 0 Å². The predicted octanol–water partition coefficient (Wildman–Crippen LogP) is 7.26. The van der Waals surface area contributed by atoms with Gasteiger partial charge in [-0.15, -0.1) is 0 Å². The number of hydrogen-bond acceptors (Lipinski definition) is 9. The average molecular weight is 841 g/mol. The third kappa shape index (κ3) is 10.5. The summed E-state index contributed by atoms with van der Waals surface area (Å²) in [6.07, 6.45) is 21.7. The Morgan fingerprint density at radius 2 is 1.89 bits per heavy atom. The van der Waals surface area contributed by atoms with Crippen LogP contribution >= 0.6 is 0 Å². The summed E-state index contributed by atoms with van der Waals surface area (Å²) in [5.41, 5.74) is 5.10. The molecule has 9 unspecified atom stereocenters. The second-order valence-corrected chi connectivity index (χ2v) is 19.6. The van der Waals surface area contributed by atoms with Crippen LogP contribution in [0, 0.1) is 35.0 Å². The average Bonchev–Trinajstić information content (AvgIpc) is 3.84. The van der Waals surface area contributed by atoms with Gasteiger partial charge in [0.05, 0.1) is 18.3 Å². The highest BCUT2D eigenvalue weighted by Gasteiger charge is 2.68. The highest BCUT2D eigenvalue weighted by Crippen LogP contribution is 2.67. The van der Waals surface area contributed by atoms with Crippen molar-refractivity contribution >= 4 is 6.29 Å². The number of hydrogen-bond donors (Lipinski definition) is 6. The Balaban J connectivity index is 1.33. The van der Waals surface area contributed by atoms with Gasteiger partial charge >= 0.3 is 0 Å². The van der Waals surface area contributed by atoms with E-state index in [1.807, 2.05) is 20.0 Å². The van der Waals surface area contributed by atoms with Gasteiger partial charge in [-0.3, -0.25) is 4.79 Å². The number of aliphatic hydroxyl groups excluding tert-OH is 2. The first-order chi connectivity index (χ1) is 29.2. The SMILES string of the molecule is C=C(C=CC=C(COC1(O)CCCC1)C1CCC2(C1O)C1C(=C(C)C=O)C(C=CC1CCO)CC2(O)CCNC)C1CC=C(C)CNC(C)(CCOC)Cc2cccc(c2)C1. The zero-order chi connectivity index (χ0) is 43.8. The van der Waals surface area contributed by atoms with Crippen LogP contribution in [0.3, 0.4) is 0 Å². The number of aldehydes is 1. The molecule has 6 rings (SSSR count). The van der Waals surface area contributed by atoms with Gasteiger partial charge in [-0.1, -0.05) is 84.0 Å². The van der Waals surface area contributed by atoms with Crippen molar-refractivity contribution in [1.29, 1.82) is 0 Å². The first-order valence-electron chi connectivity index (χ1n) is 23.1. The molecule has 336 valence electrons. The monoisotopic (exact) mass is 841 g/mol. The summed E-state index contributed by atoms with van der Waals surface area (Å²) in [4.78, 5) is 12.5. The minimum Gasteiger partial charge on any atom is -0.396 e. The molecule has 4 aliphatic carbocycles. The number of allylic oxidation sites excluding steroid dienone is 9. The predicted molar refractivity (Wildman–Crippen MR) is 244 cm³/mol. The summed E-state index contributed by atoms with van der Waals surface area (Å²) >= 11 is 0. The van der Waals surface area contributed by atoms with Crippen molar-refractivity contribution in [3.05, 3.63) is 106 Å². The molecular weight excluding hydrogens is 765 g/mol. The molecule has 1 aliphatic heterocycles. The summed E-state index contributed by atoms with van der Waals surface area (Å²) < 4.78 is 11.9. The van der Waals surface area contributed by atoms with Crippen molar-refractivity contribution < 1.29 is 34.7 Å². The molecule has 0 radical (unpaired) electrons. The zero-order valence-electron chi connectivity index (χ0n) is 37.8. The molecule has 9 nitrogen and oxygen atoms in total. The Hall–Kier alpha value is -2.99. The van der Waals surface area contributed by atoms with Crippen LogP contribution in [-0.4, -0.2) is 96.8 Å². The number of nitrogens with one attached hydrogen (secondary N) is 2. The van der Waals surface area contributed by atoms with Crippen LogP contribution in [0.15, 0.2) is 95.2 Å². The van der Waals surface area contributed by atoms with Crippen molar-refractivity contribution in [2.75, 3.05) is 47.1 Å². The maximum atomic E-state index is 13.0. The molecule has 4 bridgehead atoms. The van der Waals surface area contributed by atoms with E-state index in [0.29, 0.717) is 63.7 Å². The van der Waals surface area contributed by atoms with Crippen molar-refractivity contribution in [2.45, 2.75) is 127 Å². The first-order valence-corrected chi connectivity index (χ1v) is 23.1. The molecule has 0 saturated heterocycles. The van der Waals surface area contributed by atoms with Gasteiger partial charge in [0.1, 0.15) is 6.29 Å². The minimum atomic E-state index is -1.24. The van der Waals surface area contributed by atoms with Crippen LogP contribution in [0.4, 0.5) is 0 Å². The van der Waals surface area contributed by atoms with Gasteiger partial charge in [0, 0.05) is 62.5 Å². The molecule has 1 aromatic rings. The van der Waals surface area contributed by atoms with Gasteiger partial charge in [-0.2, -0.15) is 0 Å². The van der Waals surface area contributed by atoms with E-state index in [-0.39, 0.29) is 48.3 Å². The molecule has 1 heterocycles. The van der Waals surface area contributed by atoms with E-state index >= 15 is 0 Å². The molecular formula is C52H76N2O7. The van der Waals surface area contributed by atoms with Gasteiger partial charge in [0.15, 0.2) is 5.79 Å². The Morgan fingerprint density at radius 1 is 1.11 bits per heavy atom. The van der Waals surface area contributed by atoms with E-state index in [0.717, 1.165) is 68.1 Å². The number of rotatable bonds is 16. The zero-order valence-corrected chi connectivity index (χ0v) is 37.8. The summed E-state index contributed by atoms with van der Waals surface area (Å²) in [7, 11) is 3.64. The van der Waals surface area contributed by atoms with E-state index in [4.69, 9.17) is 9.47 Å². The smallest absolute Gasteiger partial charge is 0.165 e. The lowest BCUT2D eigenvalue weighted by atomic mass is 9.45. The molecule has 1 spiro atoms. The number of carbonyl (C=O) groups excluding carboxylic acids is 1. The lowest BCUT2D eigenvalue weighted by Gasteiger charge is -2.61. The minimum absolute atomic E-state index is 0.0343. The van der Waals surface area contributed by atoms with Crippen LogP contribution in [0.2, 0.25) is 0 Å². The Bertz CT molecular complexity index is 1840. The Labute approximate surface area is 366 Å². The largest absolute Gasteiger partial charge is 0.396 e. The van der Waals surface area contributed by atoms with Gasteiger partial charge < -0.3 is 40.5 Å². The van der Waals surface area contributed by atoms with E-state index in [1.54, 1.807) is 7.11 Å². The van der Waals surface area contributed by atoms with Crippen LogP contribution in [-0.2, 0) is 27.1 Å². The fraction of sp³-hybridized carbons (Fsp3) is 0.635. The Morgan fingerprint density at radius 3 is 2.61 bits per heavy atom. The van der Waals surface area contributed by atoms with Gasteiger partial charge in [-0.25, -0.2) is 0 Å². The highest BCUT2D eigenvalue weighted by atomic mass is 16.6. The molecule has 9 heteroatoms. The maximum absolute atomic E-state index is 13.0. The van der Waals surface area contributed by atoms with E-state index in [1.165, 1.54) is 16.7 Å². The van der Waals surface area contributed by atoms with Crippen molar-refractivity contribution in [2.24, 2.45) is 35.0 Å². The normalized spacial score (nSPS) is 34.9. The van der Waals surface area contributed by atoms with Crippen LogP contribution in [0.1, 0.15) is 103 Å². The summed E-state index contributed by atoms with van der Waals surface area (Å²) in [5, 5.41) is 54.8. The van der Waals surface area contributed by atoms with Crippen LogP contribution in [0.25, 0.3) is 0 Å². The quantitative estimate of drug-likeness (QED) is 0.0334. The van der Waals surface area contributed by atoms with E-state index in [2.05, 4.69) is 85.7 Å². The molecule has 0 aromatic heterocycles. The standard InChI is InChI=1S/C52H76N2O7/c1-36-15-16-42(30-39-12-10-13-40(29-39)31-49(4,54-33-36)25-28-60-6)37(2)11-9-14-44(35-61-51(59)21-7-8-22-51)45-19-23-52(48(45)57)47-41(20-27-55)17-18-43(46(47)38(3)34-56)32-50(52,58)24-26-53-5/h9-15,17-18,29,34,41-43,45,47-48,53-55,57-59H,2,7-8,16,19-28,30-33,35H2,1,3-6H3. The lowest BCUT2D eigenvalue weighted by molar-refractivity contribution is -0.200. The van der Waals surface area contributed by atoms with Crippen LogP contribution in [0.5, 0.6) is 0 Å². The van der Waals surface area contributed by atoms with Crippen molar-refractivity contribution in [3.8, 4) is 0 Å². The summed E-state index contributed by atoms with van der Waals surface area (Å²) in [6, 6.07) is 8.94. The second kappa shape index (κ2) is 20.7. The lowest BCUT2D eigenvalue weighted by Crippen LogP contribution is -2.65. The third-order valence-corrected chi connectivity index (χ3v) is 15.4. The van der Waals surface area contributed by atoms with E-state index < -0.39 is 22.9 Å². The topological polar surface area (TPSA) is 141 Å². The Kier molecular flexibility index (Phi) is 16.1. The molecule has 6 N–H and O–H groups in total. The molecule has 9 atom stereocenters. The second-order valence-electron chi connectivity index (χ2n) is 19.6. The molecule has 0 amide bonds. The number of benzene rings is 1. The third-order valence-electron chi connectivity index (χ3n) is 15.4. The molecule has 5 aliphatic rings. The molecule has 1 aromatic carbocycles. The van der Waals surface area contributed by atoms with Gasteiger partial charge in [-0.05, 0) is 145 Å². The van der Waals surface area contributed by atoms with Gasteiger partial charge in [0.25, 0.3) is 0 Å². The number of fused-ring (bicyclic) bond motifs is 5. The summed E-state index contributed by atoms with van der Waals surface area (Å²) in [5.74, 6) is -2.00. The first kappa shape index (κ1) is 47.5. The molecule has 3 fully saturated rings. The van der Waals surface area contributed by atoms with Crippen LogP contribution < -0.4 is 10.6 Å². The number of methoxy groups -OCH3 is 1. The van der Waals surface area contributed by atoms with Crippen molar-refractivity contribution in [1.82, 2.24) is 10.6 Å². The van der Waals surface area contributed by atoms with E-state index in [9.17, 15) is 25.2 Å². The maximum Gasteiger partial charge on any atom is 0.165 e. The number of ether oxygens (including phenoxy) is 2. The molecule has 61 heavy (non-hydrogen) atoms. The highest BCUT2D eigenvalue weighted by molar-refractivity contribution is 5.74. The molecule has 3 saturated carbocycles. The summed E-state index contributed by atoms with van der Waals surface area (Å²) in [6.45, 7) is 13.1. The van der Waals surface area contributed by atoms with Gasteiger partial charge in [0.2, 0.25) is 0 Å². The number of aliphatic hydroxyl groups is 4. The fourth-order valence-corrected chi connectivity index (χ4v) is 11.9. The fourth-order valence-electron chi connectivity index (χ4n) is 11.9. The number of carbonyl (C=O) groups is 1.